The van der Waals surface area contributed by atoms with E-state index in [-0.39, 0.29) is 24.5 Å². The van der Waals surface area contributed by atoms with Gasteiger partial charge in [-0.05, 0) is 45.3 Å². The van der Waals surface area contributed by atoms with Gasteiger partial charge in [-0.15, -0.1) is 0 Å². The van der Waals surface area contributed by atoms with Crippen molar-refractivity contribution in [2.45, 2.75) is 50.6 Å². The van der Waals surface area contributed by atoms with E-state index >= 15 is 0 Å². The summed E-state index contributed by atoms with van der Waals surface area (Å²) in [6, 6.07) is 1.81. The molecular formula is C19H28N4O3. The number of nitrogens with zero attached hydrogens (tertiary/aromatic N) is 4. The highest BCUT2D eigenvalue weighted by molar-refractivity contribution is 5.88. The van der Waals surface area contributed by atoms with Crippen LogP contribution in [0.3, 0.4) is 0 Å². The van der Waals surface area contributed by atoms with E-state index in [1.807, 2.05) is 26.1 Å². The fraction of sp³-hybridized carbons (Fsp3) is 0.632. The summed E-state index contributed by atoms with van der Waals surface area (Å²) >= 11 is 0. The minimum atomic E-state index is -0.790. The molecule has 1 aliphatic heterocycles. The van der Waals surface area contributed by atoms with Crippen LogP contribution in [0.15, 0.2) is 24.9 Å². The molecule has 0 aromatic carbocycles. The zero-order chi connectivity index (χ0) is 18.9. The summed E-state index contributed by atoms with van der Waals surface area (Å²) in [7, 11) is 0. The molecule has 1 aromatic heterocycles. The van der Waals surface area contributed by atoms with Crippen LogP contribution in [-0.2, 0) is 15.1 Å². The van der Waals surface area contributed by atoms with Crippen LogP contribution in [0.2, 0.25) is 0 Å². The Kier molecular flexibility index (Phi) is 5.18. The van der Waals surface area contributed by atoms with Gasteiger partial charge in [0.2, 0.25) is 11.8 Å². The number of hydrogen-bond acceptors (Lipinski definition) is 4. The van der Waals surface area contributed by atoms with Crippen molar-refractivity contribution in [3.8, 4) is 0 Å². The molecule has 1 atom stereocenters. The zero-order valence-electron chi connectivity index (χ0n) is 15.6. The van der Waals surface area contributed by atoms with Gasteiger partial charge in [0.05, 0.1) is 11.7 Å². The number of amides is 2. The van der Waals surface area contributed by atoms with E-state index in [2.05, 4.69) is 11.7 Å². The molecule has 1 saturated carbocycles. The first kappa shape index (κ1) is 18.6. The van der Waals surface area contributed by atoms with Gasteiger partial charge in [0, 0.05) is 38.4 Å². The summed E-state index contributed by atoms with van der Waals surface area (Å²) in [5, 5.41) is 14.0. The van der Waals surface area contributed by atoms with Crippen LogP contribution in [0, 0.1) is 0 Å². The largest absolute Gasteiger partial charge is 0.396 e. The first-order valence-corrected chi connectivity index (χ1v) is 9.27. The molecule has 26 heavy (non-hydrogen) atoms. The Morgan fingerprint density at radius 2 is 2.12 bits per heavy atom. The average Bonchev–Trinajstić information content (AvgIpc) is 3.36. The molecule has 7 nitrogen and oxygen atoms in total. The highest BCUT2D eigenvalue weighted by atomic mass is 16.3. The average molecular weight is 360 g/mol. The number of piperazine rings is 1. The van der Waals surface area contributed by atoms with Crippen LogP contribution in [-0.4, -0.2) is 68.8 Å². The SMILES string of the molecule is C=CC(=O)N1CCN(C(=O)C(C)(C)n2ccc(C3CC3)n2)CC1CCO. The summed E-state index contributed by atoms with van der Waals surface area (Å²) in [5.41, 5.74) is 0.270. The van der Waals surface area contributed by atoms with Crippen molar-refractivity contribution in [2.75, 3.05) is 26.2 Å². The lowest BCUT2D eigenvalue weighted by Crippen LogP contribution is -2.59. The fourth-order valence-corrected chi connectivity index (χ4v) is 3.57. The number of carbonyl (C=O) groups excluding carboxylic acids is 2. The van der Waals surface area contributed by atoms with E-state index in [4.69, 9.17) is 0 Å². The van der Waals surface area contributed by atoms with Gasteiger partial charge in [-0.25, -0.2) is 0 Å². The minimum Gasteiger partial charge on any atom is -0.396 e. The minimum absolute atomic E-state index is 0.0170. The highest BCUT2D eigenvalue weighted by Crippen LogP contribution is 2.39. The third-order valence-corrected chi connectivity index (χ3v) is 5.39. The molecule has 1 unspecified atom stereocenters. The zero-order valence-corrected chi connectivity index (χ0v) is 15.6. The molecule has 1 aliphatic carbocycles. The quantitative estimate of drug-likeness (QED) is 0.771. The first-order chi connectivity index (χ1) is 12.4. The van der Waals surface area contributed by atoms with Crippen molar-refractivity contribution >= 4 is 11.8 Å². The third kappa shape index (κ3) is 3.53. The van der Waals surface area contributed by atoms with E-state index in [9.17, 15) is 14.7 Å². The number of hydrogen-bond donors (Lipinski definition) is 1. The summed E-state index contributed by atoms with van der Waals surface area (Å²) in [6.45, 7) is 8.60. The van der Waals surface area contributed by atoms with E-state index in [0.717, 1.165) is 5.69 Å². The number of aliphatic hydroxyl groups is 1. The monoisotopic (exact) mass is 360 g/mol. The molecule has 0 bridgehead atoms. The van der Waals surface area contributed by atoms with Gasteiger partial charge in [0.15, 0.2) is 0 Å². The Bertz CT molecular complexity index is 693. The van der Waals surface area contributed by atoms with E-state index in [0.29, 0.717) is 32.0 Å². The molecule has 2 amide bonds. The van der Waals surface area contributed by atoms with E-state index < -0.39 is 5.54 Å². The van der Waals surface area contributed by atoms with Gasteiger partial charge in [0.25, 0.3) is 0 Å². The van der Waals surface area contributed by atoms with Crippen LogP contribution in [0.25, 0.3) is 0 Å². The predicted molar refractivity (Wildman–Crippen MR) is 97.5 cm³/mol. The number of rotatable bonds is 6. The lowest BCUT2D eigenvalue weighted by Gasteiger charge is -2.43. The summed E-state index contributed by atoms with van der Waals surface area (Å²) < 4.78 is 1.76. The standard InChI is InChI=1S/C19H28N4O3/c1-4-17(25)22-11-10-21(13-15(22)8-12-24)18(26)19(2,3)23-9-7-16(20-23)14-5-6-14/h4,7,9,14-15,24H,1,5-6,8,10-13H2,2-3H3. The second-order valence-corrected chi connectivity index (χ2v) is 7.67. The highest BCUT2D eigenvalue weighted by Gasteiger charge is 2.39. The molecule has 7 heteroatoms. The number of carbonyl (C=O) groups is 2. The fourth-order valence-electron chi connectivity index (χ4n) is 3.57. The molecule has 142 valence electrons. The second kappa shape index (κ2) is 7.23. The molecule has 2 fully saturated rings. The van der Waals surface area contributed by atoms with Gasteiger partial charge < -0.3 is 14.9 Å². The van der Waals surface area contributed by atoms with Crippen LogP contribution in [0.4, 0.5) is 0 Å². The van der Waals surface area contributed by atoms with Crippen molar-refractivity contribution in [1.29, 1.82) is 0 Å². The maximum absolute atomic E-state index is 13.2. The van der Waals surface area contributed by atoms with Crippen molar-refractivity contribution in [2.24, 2.45) is 0 Å². The van der Waals surface area contributed by atoms with Gasteiger partial charge in [-0.3, -0.25) is 14.3 Å². The summed E-state index contributed by atoms with van der Waals surface area (Å²) in [4.78, 5) is 28.7. The number of aromatic nitrogens is 2. The van der Waals surface area contributed by atoms with Crippen molar-refractivity contribution in [3.63, 3.8) is 0 Å². The van der Waals surface area contributed by atoms with Crippen molar-refractivity contribution < 1.29 is 14.7 Å². The van der Waals surface area contributed by atoms with E-state index in [1.54, 1.807) is 14.5 Å². The number of aliphatic hydroxyl groups excluding tert-OH is 1. The second-order valence-electron chi connectivity index (χ2n) is 7.67. The van der Waals surface area contributed by atoms with Gasteiger partial charge >= 0.3 is 0 Å². The Morgan fingerprint density at radius 3 is 2.73 bits per heavy atom. The Morgan fingerprint density at radius 1 is 1.38 bits per heavy atom. The maximum Gasteiger partial charge on any atom is 0.250 e. The summed E-state index contributed by atoms with van der Waals surface area (Å²) in [5.74, 6) is 0.372. The maximum atomic E-state index is 13.2. The molecule has 0 radical (unpaired) electrons. The van der Waals surface area contributed by atoms with Crippen LogP contribution in [0.5, 0.6) is 0 Å². The van der Waals surface area contributed by atoms with Crippen molar-refractivity contribution in [3.05, 3.63) is 30.6 Å². The van der Waals surface area contributed by atoms with Gasteiger partial charge in [-0.2, -0.15) is 5.10 Å². The molecule has 2 heterocycles. The molecule has 3 rings (SSSR count). The van der Waals surface area contributed by atoms with Gasteiger partial charge in [-0.1, -0.05) is 6.58 Å². The third-order valence-electron chi connectivity index (χ3n) is 5.39. The topological polar surface area (TPSA) is 78.7 Å². The Hall–Kier alpha value is -2.15. The van der Waals surface area contributed by atoms with Crippen LogP contribution >= 0.6 is 0 Å². The van der Waals surface area contributed by atoms with Crippen molar-refractivity contribution in [1.82, 2.24) is 19.6 Å². The molecule has 2 aliphatic rings. The molecule has 1 aromatic rings. The molecule has 1 N–H and O–H groups in total. The predicted octanol–water partition coefficient (Wildman–Crippen LogP) is 1.10. The Balaban J connectivity index is 1.73. The first-order valence-electron chi connectivity index (χ1n) is 9.27. The lowest BCUT2D eigenvalue weighted by atomic mass is 10.0. The van der Waals surface area contributed by atoms with Gasteiger partial charge in [0.1, 0.15) is 5.54 Å². The molecular weight excluding hydrogens is 332 g/mol. The summed E-state index contributed by atoms with van der Waals surface area (Å²) in [6.07, 6.45) is 5.96. The molecule has 1 saturated heterocycles. The molecule has 0 spiro atoms. The van der Waals surface area contributed by atoms with Crippen LogP contribution < -0.4 is 0 Å². The van der Waals surface area contributed by atoms with E-state index in [1.165, 1.54) is 18.9 Å². The van der Waals surface area contributed by atoms with Crippen LogP contribution in [0.1, 0.15) is 44.7 Å². The smallest absolute Gasteiger partial charge is 0.250 e. The lowest BCUT2D eigenvalue weighted by molar-refractivity contribution is -0.146. The Labute approximate surface area is 154 Å². The normalized spacial score (nSPS) is 21.0.